The van der Waals surface area contributed by atoms with Crippen LogP contribution in [0.25, 0.3) is 11.4 Å². The van der Waals surface area contributed by atoms with Crippen molar-refractivity contribution in [2.45, 2.75) is 39.5 Å². The fourth-order valence-corrected chi connectivity index (χ4v) is 1.91. The molecule has 4 nitrogen and oxygen atoms in total. The minimum absolute atomic E-state index is 0.0444. The van der Waals surface area contributed by atoms with E-state index in [2.05, 4.69) is 43.0 Å². The van der Waals surface area contributed by atoms with Gasteiger partial charge in [-0.15, -0.1) is 0 Å². The number of aromatic hydroxyl groups is 1. The Morgan fingerprint density at radius 3 is 2.33 bits per heavy atom. The smallest absolute Gasteiger partial charge is 0.161 e. The average molecular weight is 285 g/mol. The molecule has 2 rings (SSSR count). The summed E-state index contributed by atoms with van der Waals surface area (Å²) in [5.74, 6) is 1.77. The second-order valence-electron chi connectivity index (χ2n) is 6.19. The van der Waals surface area contributed by atoms with Gasteiger partial charge in [-0.3, -0.25) is 0 Å². The molecular formula is C17H23N3O. The highest BCUT2D eigenvalue weighted by Crippen LogP contribution is 2.26. The summed E-state index contributed by atoms with van der Waals surface area (Å²) < 4.78 is 0. The summed E-state index contributed by atoms with van der Waals surface area (Å²) in [6.07, 6.45) is 1.05. The van der Waals surface area contributed by atoms with Crippen LogP contribution in [-0.4, -0.2) is 21.6 Å². The van der Waals surface area contributed by atoms with E-state index < -0.39 is 0 Å². The molecular weight excluding hydrogens is 262 g/mol. The third-order valence-electron chi connectivity index (χ3n) is 3.18. The number of nitrogens with one attached hydrogen (secondary N) is 1. The van der Waals surface area contributed by atoms with Crippen molar-refractivity contribution in [1.29, 1.82) is 0 Å². The van der Waals surface area contributed by atoms with E-state index in [-0.39, 0.29) is 11.2 Å². The number of phenols is 1. The summed E-state index contributed by atoms with van der Waals surface area (Å²) in [4.78, 5) is 9.26. The Labute approximate surface area is 126 Å². The molecule has 0 aliphatic carbocycles. The quantitative estimate of drug-likeness (QED) is 0.892. The largest absolute Gasteiger partial charge is 0.508 e. The predicted octanol–water partition coefficient (Wildman–Crippen LogP) is 3.97. The van der Waals surface area contributed by atoms with Gasteiger partial charge in [-0.05, 0) is 30.7 Å². The molecule has 1 heterocycles. The van der Waals surface area contributed by atoms with Crippen molar-refractivity contribution < 1.29 is 5.11 Å². The summed E-state index contributed by atoms with van der Waals surface area (Å²) in [5.41, 5.74) is 1.86. The molecule has 0 radical (unpaired) electrons. The minimum Gasteiger partial charge on any atom is -0.508 e. The summed E-state index contributed by atoms with van der Waals surface area (Å²) in [5, 5.41) is 12.7. The van der Waals surface area contributed by atoms with Crippen LogP contribution < -0.4 is 5.32 Å². The topological polar surface area (TPSA) is 58.0 Å². The molecule has 0 bridgehead atoms. The van der Waals surface area contributed by atoms with E-state index in [4.69, 9.17) is 0 Å². The summed E-state index contributed by atoms with van der Waals surface area (Å²) >= 11 is 0. The van der Waals surface area contributed by atoms with Crippen LogP contribution in [0.1, 0.15) is 39.8 Å². The maximum absolute atomic E-state index is 9.40. The van der Waals surface area contributed by atoms with Crippen molar-refractivity contribution in [2.75, 3.05) is 11.9 Å². The molecule has 0 saturated heterocycles. The Balaban J connectivity index is 2.46. The zero-order chi connectivity index (χ0) is 15.5. The van der Waals surface area contributed by atoms with Gasteiger partial charge in [0.25, 0.3) is 0 Å². The first-order chi connectivity index (χ1) is 9.90. The number of nitrogens with zero attached hydrogens (tertiary/aromatic N) is 2. The maximum Gasteiger partial charge on any atom is 0.161 e. The number of rotatable bonds is 4. The fourth-order valence-electron chi connectivity index (χ4n) is 1.91. The molecule has 0 saturated carbocycles. The minimum atomic E-state index is -0.0444. The van der Waals surface area contributed by atoms with Gasteiger partial charge in [-0.1, -0.05) is 27.7 Å². The number of aromatic nitrogens is 2. The van der Waals surface area contributed by atoms with Crippen LogP contribution in [0.15, 0.2) is 30.3 Å². The number of hydrogen-bond acceptors (Lipinski definition) is 4. The molecule has 0 unspecified atom stereocenters. The molecule has 2 aromatic rings. The lowest BCUT2D eigenvalue weighted by molar-refractivity contribution is 0.475. The Bertz CT molecular complexity index is 600. The van der Waals surface area contributed by atoms with Crippen LogP contribution in [0, 0.1) is 0 Å². The lowest BCUT2D eigenvalue weighted by Gasteiger charge is -2.19. The molecule has 112 valence electrons. The SMILES string of the molecule is CCCNc1cc(C(C)(C)C)nc(-c2ccc(O)cc2)n1. The lowest BCUT2D eigenvalue weighted by Crippen LogP contribution is -2.16. The molecule has 0 aliphatic heterocycles. The zero-order valence-electron chi connectivity index (χ0n) is 13.1. The fraction of sp³-hybridized carbons (Fsp3) is 0.412. The standard InChI is InChI=1S/C17H23N3O/c1-5-10-18-15-11-14(17(2,3)4)19-16(20-15)12-6-8-13(21)9-7-12/h6-9,11,21H,5,10H2,1-4H3,(H,18,19,20). The van der Waals surface area contributed by atoms with Crippen LogP contribution in [-0.2, 0) is 5.41 Å². The molecule has 4 heteroatoms. The van der Waals surface area contributed by atoms with Gasteiger partial charge in [0.2, 0.25) is 0 Å². The highest BCUT2D eigenvalue weighted by molar-refractivity contribution is 5.59. The Morgan fingerprint density at radius 1 is 1.10 bits per heavy atom. The molecule has 0 fully saturated rings. The van der Waals surface area contributed by atoms with Gasteiger partial charge in [0, 0.05) is 23.6 Å². The second kappa shape index (κ2) is 6.12. The maximum atomic E-state index is 9.40. The zero-order valence-corrected chi connectivity index (χ0v) is 13.1. The van der Waals surface area contributed by atoms with Crippen molar-refractivity contribution >= 4 is 5.82 Å². The van der Waals surface area contributed by atoms with Gasteiger partial charge in [0.05, 0.1) is 5.69 Å². The Morgan fingerprint density at radius 2 is 1.76 bits per heavy atom. The average Bonchev–Trinajstić information content (AvgIpc) is 2.44. The second-order valence-corrected chi connectivity index (χ2v) is 6.19. The number of benzene rings is 1. The molecule has 0 atom stereocenters. The number of anilines is 1. The van der Waals surface area contributed by atoms with Crippen LogP contribution >= 0.6 is 0 Å². The summed E-state index contributed by atoms with van der Waals surface area (Å²) in [6, 6.07) is 8.99. The van der Waals surface area contributed by atoms with E-state index in [9.17, 15) is 5.11 Å². The Hall–Kier alpha value is -2.10. The van der Waals surface area contributed by atoms with Gasteiger partial charge in [-0.25, -0.2) is 9.97 Å². The number of hydrogen-bond donors (Lipinski definition) is 2. The third kappa shape index (κ3) is 3.94. The summed E-state index contributed by atoms with van der Waals surface area (Å²) in [7, 11) is 0. The molecule has 1 aromatic carbocycles. The molecule has 2 N–H and O–H groups in total. The van der Waals surface area contributed by atoms with E-state index in [1.807, 2.05) is 18.2 Å². The van der Waals surface area contributed by atoms with Crippen molar-refractivity contribution in [1.82, 2.24) is 9.97 Å². The van der Waals surface area contributed by atoms with Crippen molar-refractivity contribution in [3.63, 3.8) is 0 Å². The van der Waals surface area contributed by atoms with Crippen LogP contribution in [0.5, 0.6) is 5.75 Å². The first-order valence-corrected chi connectivity index (χ1v) is 7.33. The highest BCUT2D eigenvalue weighted by atomic mass is 16.3. The van der Waals surface area contributed by atoms with Crippen LogP contribution in [0.4, 0.5) is 5.82 Å². The van der Waals surface area contributed by atoms with Gasteiger partial charge in [0.15, 0.2) is 5.82 Å². The molecule has 21 heavy (non-hydrogen) atoms. The first kappa shape index (κ1) is 15.3. The molecule has 1 aromatic heterocycles. The van der Waals surface area contributed by atoms with Gasteiger partial charge in [-0.2, -0.15) is 0 Å². The van der Waals surface area contributed by atoms with Crippen molar-refractivity contribution in [3.8, 4) is 17.1 Å². The van der Waals surface area contributed by atoms with Gasteiger partial charge in [0.1, 0.15) is 11.6 Å². The van der Waals surface area contributed by atoms with Crippen LogP contribution in [0.2, 0.25) is 0 Å². The first-order valence-electron chi connectivity index (χ1n) is 7.33. The normalized spacial score (nSPS) is 11.4. The lowest BCUT2D eigenvalue weighted by atomic mass is 9.91. The van der Waals surface area contributed by atoms with E-state index >= 15 is 0 Å². The third-order valence-corrected chi connectivity index (χ3v) is 3.18. The highest BCUT2D eigenvalue weighted by Gasteiger charge is 2.18. The van der Waals surface area contributed by atoms with E-state index in [0.717, 1.165) is 30.0 Å². The monoisotopic (exact) mass is 285 g/mol. The van der Waals surface area contributed by atoms with Crippen molar-refractivity contribution in [3.05, 3.63) is 36.0 Å². The van der Waals surface area contributed by atoms with Crippen LogP contribution in [0.3, 0.4) is 0 Å². The van der Waals surface area contributed by atoms with E-state index in [1.54, 1.807) is 12.1 Å². The molecule has 0 aliphatic rings. The van der Waals surface area contributed by atoms with Crippen molar-refractivity contribution in [2.24, 2.45) is 0 Å². The molecule has 0 amide bonds. The summed E-state index contributed by atoms with van der Waals surface area (Å²) in [6.45, 7) is 9.42. The number of phenolic OH excluding ortho intramolecular Hbond substituents is 1. The van der Waals surface area contributed by atoms with E-state index in [1.165, 1.54) is 0 Å². The van der Waals surface area contributed by atoms with Gasteiger partial charge >= 0.3 is 0 Å². The Kier molecular flexibility index (Phi) is 4.46. The predicted molar refractivity (Wildman–Crippen MR) is 86.6 cm³/mol. The molecule has 0 spiro atoms. The van der Waals surface area contributed by atoms with E-state index in [0.29, 0.717) is 5.82 Å². The van der Waals surface area contributed by atoms with Gasteiger partial charge < -0.3 is 10.4 Å².